The van der Waals surface area contributed by atoms with Crippen LogP contribution in [0.5, 0.6) is 0 Å². The maximum Gasteiger partial charge on any atom is 0.269 e. The van der Waals surface area contributed by atoms with Crippen molar-refractivity contribution in [3.63, 3.8) is 0 Å². The maximum atomic E-state index is 13.9. The molecule has 21 heavy (non-hydrogen) atoms. The molecule has 0 saturated carbocycles. The molecular weight excluding hydrogens is 361 g/mol. The highest BCUT2D eigenvalue weighted by Crippen LogP contribution is 2.23. The third kappa shape index (κ3) is 2.34. The van der Waals surface area contributed by atoms with Crippen LogP contribution in [-0.2, 0) is 10.0 Å². The van der Waals surface area contributed by atoms with Crippen molar-refractivity contribution in [2.24, 2.45) is 0 Å². The zero-order valence-corrected chi connectivity index (χ0v) is 13.2. The number of halogens is 2. The van der Waals surface area contributed by atoms with E-state index in [9.17, 15) is 12.8 Å². The molecule has 0 radical (unpaired) electrons. The summed E-state index contributed by atoms with van der Waals surface area (Å²) < 4.78 is 40.2. The predicted molar refractivity (Wildman–Crippen MR) is 78.9 cm³/mol. The molecule has 0 aliphatic rings. The third-order valence-corrected chi connectivity index (χ3v) is 5.01. The molecule has 5 nitrogen and oxygen atoms in total. The van der Waals surface area contributed by atoms with E-state index in [4.69, 9.17) is 0 Å². The first kappa shape index (κ1) is 14.2. The quantitative estimate of drug-likeness (QED) is 0.696. The Labute approximate surface area is 128 Å². The predicted octanol–water partition coefficient (Wildman–Crippen LogP) is 2.88. The van der Waals surface area contributed by atoms with E-state index >= 15 is 0 Å². The first-order valence-corrected chi connectivity index (χ1v) is 8.14. The fraction of sp³-hybridized carbons (Fsp3) is 0.0769. The number of hydrogen-bond donors (Lipinski definition) is 0. The van der Waals surface area contributed by atoms with Crippen molar-refractivity contribution in [1.82, 2.24) is 13.9 Å². The zero-order chi connectivity index (χ0) is 15.2. The van der Waals surface area contributed by atoms with Crippen molar-refractivity contribution in [2.45, 2.75) is 11.8 Å². The maximum absolute atomic E-state index is 13.9. The average Bonchev–Trinajstić information content (AvgIpc) is 2.77. The third-order valence-electron chi connectivity index (χ3n) is 2.97. The molecule has 0 saturated heterocycles. The number of rotatable bonds is 2. The number of aryl methyl sites for hydroxylation is 1. The minimum absolute atomic E-state index is 0.0451. The molecule has 0 spiro atoms. The second-order valence-electron chi connectivity index (χ2n) is 4.46. The molecular formula is C13H9BrFN3O2S. The van der Waals surface area contributed by atoms with Crippen LogP contribution in [0.3, 0.4) is 0 Å². The first-order chi connectivity index (χ1) is 9.89. The Kier molecular flexibility index (Phi) is 3.29. The van der Waals surface area contributed by atoms with Gasteiger partial charge in [-0.2, -0.15) is 0 Å². The number of aromatic nitrogens is 3. The van der Waals surface area contributed by atoms with E-state index in [2.05, 4.69) is 25.9 Å². The van der Waals surface area contributed by atoms with E-state index in [0.717, 1.165) is 15.7 Å². The van der Waals surface area contributed by atoms with E-state index in [1.165, 1.54) is 18.3 Å². The van der Waals surface area contributed by atoms with Crippen LogP contribution in [0.25, 0.3) is 11.2 Å². The molecule has 2 heterocycles. The highest BCUT2D eigenvalue weighted by molar-refractivity contribution is 9.10. The Morgan fingerprint density at radius 1 is 1.24 bits per heavy atom. The van der Waals surface area contributed by atoms with E-state index in [1.54, 1.807) is 12.1 Å². The number of fused-ring (bicyclic) bond motifs is 1. The van der Waals surface area contributed by atoms with Gasteiger partial charge in [-0.15, -0.1) is 0 Å². The number of hydrogen-bond acceptors (Lipinski definition) is 4. The molecule has 0 atom stereocenters. The van der Waals surface area contributed by atoms with E-state index in [-0.39, 0.29) is 16.1 Å². The molecule has 3 aromatic rings. The summed E-state index contributed by atoms with van der Waals surface area (Å²) in [5, 5.41) is 0. The lowest BCUT2D eigenvalue weighted by Crippen LogP contribution is -2.12. The zero-order valence-electron chi connectivity index (χ0n) is 10.8. The van der Waals surface area contributed by atoms with Crippen LogP contribution >= 0.6 is 15.9 Å². The van der Waals surface area contributed by atoms with Crippen LogP contribution in [0, 0.1) is 12.7 Å². The van der Waals surface area contributed by atoms with Crippen molar-refractivity contribution in [1.29, 1.82) is 0 Å². The summed E-state index contributed by atoms with van der Waals surface area (Å²) in [6.07, 6.45) is 2.20. The molecule has 0 aliphatic heterocycles. The Morgan fingerprint density at radius 2 is 1.90 bits per heavy atom. The second-order valence-corrected chi connectivity index (χ2v) is 7.08. The Bertz CT molecular complexity index is 936. The summed E-state index contributed by atoms with van der Waals surface area (Å²) in [5.74, 6) is -0.741. The van der Waals surface area contributed by atoms with Gasteiger partial charge < -0.3 is 0 Å². The van der Waals surface area contributed by atoms with Crippen molar-refractivity contribution in [3.05, 3.63) is 52.6 Å². The van der Waals surface area contributed by atoms with Gasteiger partial charge in [-0.05, 0) is 35.0 Å². The van der Waals surface area contributed by atoms with Gasteiger partial charge in [-0.1, -0.05) is 17.7 Å². The molecule has 0 bridgehead atoms. The highest BCUT2D eigenvalue weighted by atomic mass is 79.9. The van der Waals surface area contributed by atoms with Crippen LogP contribution in [0.15, 0.2) is 46.2 Å². The lowest BCUT2D eigenvalue weighted by atomic mass is 10.2. The lowest BCUT2D eigenvalue weighted by Gasteiger charge is -2.06. The Hall–Kier alpha value is -1.80. The lowest BCUT2D eigenvalue weighted by molar-refractivity contribution is 0.585. The van der Waals surface area contributed by atoms with Gasteiger partial charge in [0.15, 0.2) is 11.5 Å². The topological polar surface area (TPSA) is 64.8 Å². The minimum atomic E-state index is -3.92. The summed E-state index contributed by atoms with van der Waals surface area (Å²) in [5.41, 5.74) is 0.789. The summed E-state index contributed by atoms with van der Waals surface area (Å²) in [4.78, 5) is 7.92. The number of nitrogens with zero attached hydrogens (tertiary/aromatic N) is 3. The van der Waals surface area contributed by atoms with Gasteiger partial charge >= 0.3 is 0 Å². The number of benzene rings is 1. The van der Waals surface area contributed by atoms with Crippen molar-refractivity contribution >= 4 is 37.1 Å². The Balaban J connectivity index is 2.26. The van der Waals surface area contributed by atoms with E-state index in [1.807, 2.05) is 6.92 Å². The van der Waals surface area contributed by atoms with E-state index in [0.29, 0.717) is 4.60 Å². The molecule has 0 unspecified atom stereocenters. The van der Waals surface area contributed by atoms with Gasteiger partial charge in [0.25, 0.3) is 10.0 Å². The Morgan fingerprint density at radius 3 is 2.57 bits per heavy atom. The van der Waals surface area contributed by atoms with Crippen LogP contribution < -0.4 is 0 Å². The second kappa shape index (κ2) is 4.88. The molecule has 0 amide bonds. The molecule has 1 aromatic carbocycles. The van der Waals surface area contributed by atoms with Gasteiger partial charge in [0.2, 0.25) is 0 Å². The standard InChI is InChI=1S/C13H9BrFN3O2S/c1-8-2-4-9(5-3-8)21(19,20)18-7-10(15)12-13(18)16-6-11(14)17-12/h2-7H,1H3. The largest absolute Gasteiger partial charge is 0.269 e. The molecule has 0 N–H and O–H groups in total. The molecule has 8 heteroatoms. The van der Waals surface area contributed by atoms with Crippen molar-refractivity contribution in [3.8, 4) is 0 Å². The average molecular weight is 370 g/mol. The summed E-state index contributed by atoms with van der Waals surface area (Å²) in [6.45, 7) is 1.85. The summed E-state index contributed by atoms with van der Waals surface area (Å²) >= 11 is 3.08. The van der Waals surface area contributed by atoms with Gasteiger partial charge in [0, 0.05) is 0 Å². The fourth-order valence-electron chi connectivity index (χ4n) is 1.91. The van der Waals surface area contributed by atoms with Crippen molar-refractivity contribution in [2.75, 3.05) is 0 Å². The normalized spacial score (nSPS) is 12.0. The molecule has 2 aromatic heterocycles. The van der Waals surface area contributed by atoms with E-state index < -0.39 is 15.8 Å². The fourth-order valence-corrected chi connectivity index (χ4v) is 3.49. The smallest absolute Gasteiger partial charge is 0.233 e. The molecule has 0 fully saturated rings. The monoisotopic (exact) mass is 369 g/mol. The highest BCUT2D eigenvalue weighted by Gasteiger charge is 2.23. The summed E-state index contributed by atoms with van der Waals surface area (Å²) in [7, 11) is -3.92. The van der Waals surface area contributed by atoms with Crippen LogP contribution in [-0.4, -0.2) is 22.4 Å². The minimum Gasteiger partial charge on any atom is -0.233 e. The molecule has 108 valence electrons. The molecule has 0 aliphatic carbocycles. The first-order valence-electron chi connectivity index (χ1n) is 5.91. The van der Waals surface area contributed by atoms with Crippen LogP contribution in [0.2, 0.25) is 0 Å². The van der Waals surface area contributed by atoms with Gasteiger partial charge in [0.1, 0.15) is 10.1 Å². The van der Waals surface area contributed by atoms with Crippen molar-refractivity contribution < 1.29 is 12.8 Å². The van der Waals surface area contributed by atoms with Crippen LogP contribution in [0.4, 0.5) is 4.39 Å². The van der Waals surface area contributed by atoms with Gasteiger partial charge in [0.05, 0.1) is 17.3 Å². The SMILES string of the molecule is Cc1ccc(S(=O)(=O)n2cc(F)c3nc(Br)cnc32)cc1. The van der Waals surface area contributed by atoms with Gasteiger partial charge in [-0.25, -0.2) is 26.7 Å². The van der Waals surface area contributed by atoms with Gasteiger partial charge in [-0.3, -0.25) is 0 Å². The summed E-state index contributed by atoms with van der Waals surface area (Å²) in [6, 6.07) is 6.30. The van der Waals surface area contributed by atoms with Crippen LogP contribution in [0.1, 0.15) is 5.56 Å². The molecule has 3 rings (SSSR count).